The summed E-state index contributed by atoms with van der Waals surface area (Å²) in [5.74, 6) is 0.131. The van der Waals surface area contributed by atoms with E-state index >= 15 is 0 Å². The van der Waals surface area contributed by atoms with E-state index < -0.39 is 16.4 Å². The summed E-state index contributed by atoms with van der Waals surface area (Å²) < 4.78 is 5.64. The fourth-order valence-corrected chi connectivity index (χ4v) is 3.64. The maximum absolute atomic E-state index is 11.9. The Morgan fingerprint density at radius 3 is 2.50 bits per heavy atom. The van der Waals surface area contributed by atoms with Gasteiger partial charge in [0.25, 0.3) is 0 Å². The molecule has 1 saturated heterocycles. The minimum absolute atomic E-state index is 0.0846. The van der Waals surface area contributed by atoms with Gasteiger partial charge in [0.15, 0.2) is 0 Å². The summed E-state index contributed by atoms with van der Waals surface area (Å²) in [5, 5.41) is 15.4. The predicted molar refractivity (Wildman–Crippen MR) is 113 cm³/mol. The average Bonchev–Trinajstić information content (AvgIpc) is 2.69. The van der Waals surface area contributed by atoms with Crippen molar-refractivity contribution in [2.24, 2.45) is 5.73 Å². The second-order valence-corrected chi connectivity index (χ2v) is 7.40. The Bertz CT molecular complexity index is 945. The van der Waals surface area contributed by atoms with Crippen molar-refractivity contribution in [3.8, 4) is 0 Å². The Hall–Kier alpha value is -2.98. The van der Waals surface area contributed by atoms with Crippen LogP contribution in [0.3, 0.4) is 0 Å². The van der Waals surface area contributed by atoms with Crippen molar-refractivity contribution in [1.29, 1.82) is 0 Å². The van der Waals surface area contributed by atoms with E-state index in [1.165, 1.54) is 0 Å². The quantitative estimate of drug-likeness (QED) is 0.501. The Morgan fingerprint density at radius 1 is 1.33 bits per heavy atom. The van der Waals surface area contributed by atoms with Gasteiger partial charge in [0, 0.05) is 43.2 Å². The molecule has 0 atom stereocenters. The number of carbonyl (C=O) groups is 1. The third-order valence-corrected chi connectivity index (χ3v) is 5.26. The summed E-state index contributed by atoms with van der Waals surface area (Å²) in [5.41, 5.74) is 4.86. The molecule has 11 heteroatoms. The normalized spacial score (nSPS) is 15.6. The second kappa shape index (κ2) is 8.80. The third-order valence-electron chi connectivity index (χ3n) is 5.01. The lowest BCUT2D eigenvalue weighted by Gasteiger charge is -2.39. The van der Waals surface area contributed by atoms with Crippen LogP contribution in [0.4, 0.5) is 23.0 Å². The molecule has 1 amide bonds. The zero-order valence-corrected chi connectivity index (χ0v) is 17.5. The summed E-state index contributed by atoms with van der Waals surface area (Å²) in [6.45, 7) is 4.48. The SMILES string of the molecule is CCOC1(C(N)=O)CCN(c2nc(C)nc(Nc3ccc(Cl)cc3)c2[N+](=O)[O-])CC1. The van der Waals surface area contributed by atoms with Crippen molar-refractivity contribution in [1.82, 2.24) is 9.97 Å². The number of nitrogens with one attached hydrogen (secondary N) is 1. The topological polar surface area (TPSA) is 137 Å². The van der Waals surface area contributed by atoms with Gasteiger partial charge in [-0.3, -0.25) is 14.9 Å². The minimum atomic E-state index is -1.06. The van der Waals surface area contributed by atoms with Crippen LogP contribution in [0, 0.1) is 17.0 Å². The number of nitrogens with two attached hydrogens (primary N) is 1. The van der Waals surface area contributed by atoms with Gasteiger partial charge in [-0.15, -0.1) is 0 Å². The molecule has 2 heterocycles. The van der Waals surface area contributed by atoms with Crippen LogP contribution in [0.15, 0.2) is 24.3 Å². The molecular weight excluding hydrogens is 412 g/mol. The predicted octanol–water partition coefficient (Wildman–Crippen LogP) is 2.95. The molecule has 0 saturated carbocycles. The Balaban J connectivity index is 1.93. The van der Waals surface area contributed by atoms with E-state index in [2.05, 4.69) is 15.3 Å². The number of rotatable bonds is 7. The second-order valence-electron chi connectivity index (χ2n) is 6.96. The third kappa shape index (κ3) is 4.44. The lowest BCUT2D eigenvalue weighted by atomic mass is 9.90. The molecule has 0 bridgehead atoms. The number of hydrogen-bond acceptors (Lipinski definition) is 8. The van der Waals surface area contributed by atoms with Gasteiger partial charge in [-0.1, -0.05) is 11.6 Å². The van der Waals surface area contributed by atoms with Crippen molar-refractivity contribution >= 4 is 40.5 Å². The molecule has 10 nitrogen and oxygen atoms in total. The molecule has 1 aromatic carbocycles. The number of halogens is 1. The summed E-state index contributed by atoms with van der Waals surface area (Å²) in [4.78, 5) is 33.7. The Labute approximate surface area is 178 Å². The standard InChI is InChI=1S/C19H23ClN6O4/c1-3-30-19(18(21)27)8-10-25(11-9-19)17-15(26(28)29)16(22-12(2)23-17)24-14-6-4-13(20)5-7-14/h4-7H,3,8-11H2,1-2H3,(H2,21,27)(H,22,23,24). The number of hydrogen-bond donors (Lipinski definition) is 2. The van der Waals surface area contributed by atoms with Crippen LogP contribution in [0.2, 0.25) is 5.02 Å². The molecule has 0 aliphatic carbocycles. The molecule has 3 N–H and O–H groups in total. The number of benzene rings is 1. The molecule has 0 radical (unpaired) electrons. The molecule has 3 rings (SSSR count). The molecule has 160 valence electrons. The highest BCUT2D eigenvalue weighted by Crippen LogP contribution is 2.37. The van der Waals surface area contributed by atoms with Crippen LogP contribution < -0.4 is 16.0 Å². The fourth-order valence-electron chi connectivity index (χ4n) is 3.52. The van der Waals surface area contributed by atoms with Gasteiger partial charge in [0.05, 0.1) is 4.92 Å². The van der Waals surface area contributed by atoms with Crippen LogP contribution in [-0.2, 0) is 9.53 Å². The number of nitro groups is 1. The number of anilines is 3. The summed E-state index contributed by atoms with van der Waals surface area (Å²) in [6, 6.07) is 6.75. The van der Waals surface area contributed by atoms with Crippen LogP contribution in [0.5, 0.6) is 0 Å². The summed E-state index contributed by atoms with van der Waals surface area (Å²) in [6.07, 6.45) is 0.632. The van der Waals surface area contributed by atoms with Crippen LogP contribution in [0.25, 0.3) is 0 Å². The lowest BCUT2D eigenvalue weighted by molar-refractivity contribution is -0.383. The van der Waals surface area contributed by atoms with Crippen molar-refractivity contribution < 1.29 is 14.5 Å². The highest BCUT2D eigenvalue weighted by Gasteiger charge is 2.42. The van der Waals surface area contributed by atoms with Gasteiger partial charge in [-0.25, -0.2) is 9.97 Å². The molecule has 2 aromatic rings. The van der Waals surface area contributed by atoms with Crippen molar-refractivity contribution in [2.45, 2.75) is 32.3 Å². The lowest BCUT2D eigenvalue weighted by Crippen LogP contribution is -2.54. The van der Waals surface area contributed by atoms with Crippen LogP contribution >= 0.6 is 11.6 Å². The molecule has 0 unspecified atom stereocenters. The zero-order chi connectivity index (χ0) is 21.9. The largest absolute Gasteiger partial charge is 0.367 e. The molecule has 1 aliphatic heterocycles. The van der Waals surface area contributed by atoms with Gasteiger partial charge in [0.1, 0.15) is 11.4 Å². The number of primary amides is 1. The van der Waals surface area contributed by atoms with E-state index in [0.717, 1.165) is 0 Å². The van der Waals surface area contributed by atoms with Gasteiger partial charge in [0.2, 0.25) is 17.5 Å². The molecule has 1 aromatic heterocycles. The number of aryl methyl sites for hydroxylation is 1. The minimum Gasteiger partial charge on any atom is -0.367 e. The first-order chi connectivity index (χ1) is 14.3. The highest BCUT2D eigenvalue weighted by atomic mass is 35.5. The Morgan fingerprint density at radius 2 is 1.97 bits per heavy atom. The number of amides is 1. The fraction of sp³-hybridized carbons (Fsp3) is 0.421. The van der Waals surface area contributed by atoms with E-state index in [-0.39, 0.29) is 17.3 Å². The number of ether oxygens (including phenoxy) is 1. The smallest absolute Gasteiger partial charge is 0.353 e. The summed E-state index contributed by atoms with van der Waals surface area (Å²) in [7, 11) is 0. The van der Waals surface area contributed by atoms with E-state index in [1.54, 1.807) is 43.0 Å². The molecule has 0 spiro atoms. The average molecular weight is 435 g/mol. The number of carbonyl (C=O) groups excluding carboxylic acids is 1. The first-order valence-corrected chi connectivity index (χ1v) is 9.88. The van der Waals surface area contributed by atoms with E-state index in [9.17, 15) is 14.9 Å². The first-order valence-electron chi connectivity index (χ1n) is 9.50. The van der Waals surface area contributed by atoms with Crippen molar-refractivity contribution in [3.05, 3.63) is 45.2 Å². The number of aromatic nitrogens is 2. The molecule has 1 fully saturated rings. The van der Waals surface area contributed by atoms with E-state index in [1.807, 2.05) is 0 Å². The van der Waals surface area contributed by atoms with E-state index in [0.29, 0.717) is 49.1 Å². The maximum Gasteiger partial charge on any atom is 0.353 e. The van der Waals surface area contributed by atoms with E-state index in [4.69, 9.17) is 22.1 Å². The molecule has 1 aliphatic rings. The summed E-state index contributed by atoms with van der Waals surface area (Å²) >= 11 is 5.90. The first kappa shape index (κ1) is 21.7. The number of nitrogens with zero attached hydrogens (tertiary/aromatic N) is 4. The van der Waals surface area contributed by atoms with Crippen molar-refractivity contribution in [2.75, 3.05) is 29.9 Å². The zero-order valence-electron chi connectivity index (χ0n) is 16.7. The maximum atomic E-state index is 11.9. The number of piperidine rings is 1. The van der Waals surface area contributed by atoms with Gasteiger partial charge < -0.3 is 20.7 Å². The monoisotopic (exact) mass is 434 g/mol. The van der Waals surface area contributed by atoms with Crippen molar-refractivity contribution in [3.63, 3.8) is 0 Å². The van der Waals surface area contributed by atoms with Gasteiger partial charge in [-0.05, 0) is 38.1 Å². The Kier molecular flexibility index (Phi) is 6.37. The molecule has 30 heavy (non-hydrogen) atoms. The van der Waals surface area contributed by atoms with Crippen LogP contribution in [-0.4, -0.2) is 46.1 Å². The molecular formula is C19H23ClN6O4. The van der Waals surface area contributed by atoms with Gasteiger partial charge in [-0.2, -0.15) is 0 Å². The van der Waals surface area contributed by atoms with Gasteiger partial charge >= 0.3 is 5.69 Å². The van der Waals surface area contributed by atoms with Crippen LogP contribution in [0.1, 0.15) is 25.6 Å². The highest BCUT2D eigenvalue weighted by molar-refractivity contribution is 6.30.